The van der Waals surface area contributed by atoms with Gasteiger partial charge in [0.25, 0.3) is 0 Å². The van der Waals surface area contributed by atoms with E-state index in [-0.39, 0.29) is 29.3 Å². The van der Waals surface area contributed by atoms with Crippen LogP contribution in [-0.2, 0) is 22.1 Å². The van der Waals surface area contributed by atoms with Crippen LogP contribution in [0.1, 0.15) is 35.6 Å². The summed E-state index contributed by atoms with van der Waals surface area (Å²) >= 11 is 0. The van der Waals surface area contributed by atoms with E-state index in [1.807, 2.05) is 0 Å². The molecule has 0 fully saturated rings. The minimum atomic E-state index is -4.48. The van der Waals surface area contributed by atoms with E-state index in [2.05, 4.69) is 24.2 Å². The summed E-state index contributed by atoms with van der Waals surface area (Å²) in [6.45, 7) is 10.5. The fourth-order valence-electron chi connectivity index (χ4n) is 3.18. The van der Waals surface area contributed by atoms with Crippen molar-refractivity contribution in [2.75, 3.05) is 7.05 Å². The van der Waals surface area contributed by atoms with Gasteiger partial charge in [-0.05, 0) is 92.9 Å². The molecule has 0 aromatic heterocycles. The van der Waals surface area contributed by atoms with Crippen LogP contribution in [-0.4, -0.2) is 24.4 Å². The maximum Gasteiger partial charge on any atom is 0.416 e. The molecule has 0 radical (unpaired) electrons. The van der Waals surface area contributed by atoms with Gasteiger partial charge in [-0.2, -0.15) is 13.2 Å². The highest BCUT2D eigenvalue weighted by Gasteiger charge is 2.31. The normalized spacial score (nSPS) is 11.8. The van der Waals surface area contributed by atoms with Crippen LogP contribution in [0.4, 0.5) is 17.6 Å². The van der Waals surface area contributed by atoms with Crippen LogP contribution in [0.25, 0.3) is 5.76 Å². The summed E-state index contributed by atoms with van der Waals surface area (Å²) in [5.74, 6) is -1.21. The number of carbonyl (C=O) groups is 1. The Morgan fingerprint density at radius 1 is 1.25 bits per heavy atom. The quantitative estimate of drug-likeness (QED) is 0.122. The number of benzene rings is 2. The minimum absolute atomic E-state index is 0.152. The summed E-state index contributed by atoms with van der Waals surface area (Å²) in [7, 11) is 1.42. The molecule has 0 heterocycles. The second-order valence-corrected chi connectivity index (χ2v) is 7.91. The van der Waals surface area contributed by atoms with Gasteiger partial charge in [-0.15, -0.1) is 0 Å². The highest BCUT2D eigenvalue weighted by atomic mass is 19.4. The molecule has 5 nitrogen and oxygen atoms in total. The number of halogens is 4. The molecular weight excluding hydrogens is 478 g/mol. The van der Waals surface area contributed by atoms with Gasteiger partial charge in [-0.1, -0.05) is 18.9 Å². The lowest BCUT2D eigenvalue weighted by molar-refractivity contribution is -0.146. The maximum absolute atomic E-state index is 14.4. The first-order valence-electron chi connectivity index (χ1n) is 10.8. The molecule has 0 saturated carbocycles. The predicted molar refractivity (Wildman–Crippen MR) is 129 cm³/mol. The summed E-state index contributed by atoms with van der Waals surface area (Å²) < 4.78 is 64.6. The van der Waals surface area contributed by atoms with Gasteiger partial charge in [-0.25, -0.2) is 9.18 Å². The number of likely N-dealkylation sites (N-methyl/N-ethyl adjacent to an activating group) is 1. The van der Waals surface area contributed by atoms with Crippen LogP contribution in [0.15, 0.2) is 72.7 Å². The van der Waals surface area contributed by atoms with E-state index < -0.39 is 29.8 Å². The number of carboxylic acid groups (broad SMARTS) is 1. The zero-order valence-electron chi connectivity index (χ0n) is 20.1. The van der Waals surface area contributed by atoms with Crippen LogP contribution >= 0.6 is 0 Å². The van der Waals surface area contributed by atoms with E-state index >= 15 is 0 Å². The number of rotatable bonds is 11. The van der Waals surface area contributed by atoms with Crippen molar-refractivity contribution in [1.29, 1.82) is 0 Å². The first kappa shape index (κ1) is 28.4. The molecule has 1 unspecified atom stereocenters. The fourth-order valence-corrected chi connectivity index (χ4v) is 3.18. The van der Waals surface area contributed by atoms with Crippen LogP contribution < -0.4 is 10.1 Å². The molecule has 2 N–H and O–H groups in total. The largest absolute Gasteiger partial charge is 0.477 e. The molecule has 36 heavy (non-hydrogen) atoms. The number of nitrogens with one attached hydrogen (secondary N) is 1. The molecule has 2 aromatic carbocycles. The number of ether oxygens (including phenoxy) is 2. The van der Waals surface area contributed by atoms with Crippen LogP contribution in [0, 0.1) is 12.7 Å². The zero-order valence-corrected chi connectivity index (χ0v) is 20.1. The molecule has 9 heteroatoms. The van der Waals surface area contributed by atoms with E-state index in [0.717, 1.165) is 12.1 Å². The number of alkyl halides is 3. The fraction of sp³-hybridized carbons (Fsp3) is 0.259. The molecule has 0 aliphatic carbocycles. The molecule has 0 aliphatic heterocycles. The summed E-state index contributed by atoms with van der Waals surface area (Å²) in [4.78, 5) is 11.2. The summed E-state index contributed by atoms with van der Waals surface area (Å²) in [6, 6.07) is 7.19. The van der Waals surface area contributed by atoms with Crippen molar-refractivity contribution in [1.82, 2.24) is 5.32 Å². The minimum Gasteiger partial charge on any atom is -0.477 e. The standard InChI is InChI=1S/C27H27F4NO4/c1-6-18(4)35-24(22-11-9-20(14-17(22)3)27(29,30)31)13-16(2)7-8-19-15-21(10-12-23(19)28)36-25(32-5)26(33)34/h6,9-12,14-15,25,32H,1,4,7-8H2,2-3,5H3,(H,33,34). The molecule has 0 saturated heterocycles. The molecule has 2 aromatic rings. The van der Waals surface area contributed by atoms with Gasteiger partial charge in [0.05, 0.1) is 5.56 Å². The number of aliphatic carboxylic acids is 1. The molecule has 2 rings (SSSR count). The average molecular weight is 506 g/mol. The second-order valence-electron chi connectivity index (χ2n) is 7.91. The van der Waals surface area contributed by atoms with E-state index in [1.165, 1.54) is 44.3 Å². The van der Waals surface area contributed by atoms with Crippen molar-refractivity contribution < 1.29 is 36.9 Å². The van der Waals surface area contributed by atoms with Crippen molar-refractivity contribution in [3.8, 4) is 5.75 Å². The van der Waals surface area contributed by atoms with E-state index in [0.29, 0.717) is 23.1 Å². The number of carboxylic acids is 1. The lowest BCUT2D eigenvalue weighted by Gasteiger charge is -2.15. The maximum atomic E-state index is 14.4. The van der Waals surface area contributed by atoms with Gasteiger partial charge in [0.2, 0.25) is 6.23 Å². The summed E-state index contributed by atoms with van der Waals surface area (Å²) in [5, 5.41) is 11.6. The first-order chi connectivity index (χ1) is 16.8. The zero-order chi connectivity index (χ0) is 27.0. The molecule has 0 amide bonds. The first-order valence-corrected chi connectivity index (χ1v) is 10.8. The van der Waals surface area contributed by atoms with Gasteiger partial charge < -0.3 is 14.6 Å². The summed E-state index contributed by atoms with van der Waals surface area (Å²) in [6.07, 6.45) is -3.88. The Balaban J connectivity index is 2.37. The van der Waals surface area contributed by atoms with Crippen molar-refractivity contribution in [2.24, 2.45) is 0 Å². The van der Waals surface area contributed by atoms with Gasteiger partial charge >= 0.3 is 12.1 Å². The Morgan fingerprint density at radius 3 is 2.50 bits per heavy atom. The third kappa shape index (κ3) is 7.86. The lowest BCUT2D eigenvalue weighted by atomic mass is 10.0. The molecule has 192 valence electrons. The molecule has 0 spiro atoms. The lowest BCUT2D eigenvalue weighted by Crippen LogP contribution is -2.39. The van der Waals surface area contributed by atoms with Crippen LogP contribution in [0.2, 0.25) is 0 Å². The van der Waals surface area contributed by atoms with Crippen molar-refractivity contribution >= 4 is 11.7 Å². The predicted octanol–water partition coefficient (Wildman–Crippen LogP) is 6.40. The van der Waals surface area contributed by atoms with Gasteiger partial charge in [0, 0.05) is 5.56 Å². The van der Waals surface area contributed by atoms with E-state index in [1.54, 1.807) is 6.92 Å². The van der Waals surface area contributed by atoms with Crippen molar-refractivity contribution in [3.05, 3.63) is 101 Å². The van der Waals surface area contributed by atoms with E-state index in [4.69, 9.17) is 14.6 Å². The Morgan fingerprint density at radius 2 is 1.94 bits per heavy atom. The Labute approximate surface area is 207 Å². The summed E-state index contributed by atoms with van der Waals surface area (Å²) in [5.41, 5.74) is 3.88. The van der Waals surface area contributed by atoms with Crippen LogP contribution in [0.5, 0.6) is 5.75 Å². The van der Waals surface area contributed by atoms with Gasteiger partial charge in [-0.3, -0.25) is 5.32 Å². The van der Waals surface area contributed by atoms with Gasteiger partial charge in [0.15, 0.2) is 5.76 Å². The Kier molecular flexibility index (Phi) is 9.67. The van der Waals surface area contributed by atoms with Crippen molar-refractivity contribution in [2.45, 2.75) is 39.1 Å². The third-order valence-electron chi connectivity index (χ3n) is 5.11. The number of aryl methyl sites for hydroxylation is 2. The smallest absolute Gasteiger partial charge is 0.416 e. The van der Waals surface area contributed by atoms with Gasteiger partial charge in [0.1, 0.15) is 17.3 Å². The van der Waals surface area contributed by atoms with Crippen molar-refractivity contribution in [3.63, 3.8) is 0 Å². The average Bonchev–Trinajstić information content (AvgIpc) is 2.81. The Hall–Kier alpha value is -3.81. The molecule has 0 bridgehead atoms. The Bertz CT molecular complexity index is 1210. The number of allylic oxidation sites excluding steroid dienone is 2. The molecular formula is C27H27F4NO4. The second kappa shape index (κ2) is 12.2. The SMILES string of the molecule is C=CC(=C)OC(=C=C(C)CCc1cc(OC(NC)C(=O)O)ccc1F)c1ccc(C(F)(F)F)cc1C. The number of hydrogen-bond acceptors (Lipinski definition) is 4. The topological polar surface area (TPSA) is 67.8 Å². The highest BCUT2D eigenvalue weighted by molar-refractivity contribution is 5.72. The monoisotopic (exact) mass is 505 g/mol. The molecule has 0 aliphatic rings. The highest BCUT2D eigenvalue weighted by Crippen LogP contribution is 2.32. The number of hydrogen-bond donors (Lipinski definition) is 2. The molecule has 1 atom stereocenters. The van der Waals surface area contributed by atoms with E-state index in [9.17, 15) is 22.4 Å². The third-order valence-corrected chi connectivity index (χ3v) is 5.11. The van der Waals surface area contributed by atoms with Crippen LogP contribution in [0.3, 0.4) is 0 Å².